The number of fused-ring (bicyclic) bond motifs is 1. The van der Waals surface area contributed by atoms with E-state index in [1.165, 1.54) is 22.3 Å². The number of amides is 1. The second-order valence-corrected chi connectivity index (χ2v) is 6.87. The summed E-state index contributed by atoms with van der Waals surface area (Å²) in [5.41, 5.74) is 5.80. The molecule has 1 amide bonds. The fourth-order valence-corrected chi connectivity index (χ4v) is 3.32. The number of aryl methyl sites for hydroxylation is 2. The molecule has 0 saturated heterocycles. The van der Waals surface area contributed by atoms with Gasteiger partial charge in [0.2, 0.25) is 5.91 Å². The van der Waals surface area contributed by atoms with Gasteiger partial charge in [-0.15, -0.1) is 0 Å². The minimum Gasteiger partial charge on any atom is -0.324 e. The molecule has 0 aromatic heterocycles. The average Bonchev–Trinajstić information content (AvgIpc) is 2.83. The number of nitrogens with zero attached hydrogens (tertiary/aromatic N) is 1. The first kappa shape index (κ1) is 16.3. The number of nitrogens with one attached hydrogen (secondary N) is 1. The van der Waals surface area contributed by atoms with Crippen LogP contribution >= 0.6 is 23.2 Å². The Morgan fingerprint density at radius 3 is 2.26 bits per heavy atom. The van der Waals surface area contributed by atoms with Gasteiger partial charge in [0.1, 0.15) is 0 Å². The predicted molar refractivity (Wildman–Crippen MR) is 95.1 cm³/mol. The van der Waals surface area contributed by atoms with E-state index >= 15 is 0 Å². The summed E-state index contributed by atoms with van der Waals surface area (Å²) in [5.74, 6) is -0.0736. The summed E-state index contributed by atoms with van der Waals surface area (Å²) in [7, 11) is 0. The molecule has 0 unspecified atom stereocenters. The third-order valence-electron chi connectivity index (χ3n) is 4.18. The van der Waals surface area contributed by atoms with E-state index in [2.05, 4.69) is 36.2 Å². The third kappa shape index (κ3) is 3.69. The molecule has 1 aliphatic rings. The van der Waals surface area contributed by atoms with Crippen molar-refractivity contribution in [1.82, 2.24) is 4.90 Å². The van der Waals surface area contributed by atoms with Crippen LogP contribution in [0.4, 0.5) is 5.69 Å². The Labute approximate surface area is 146 Å². The molecule has 5 heteroatoms. The highest BCUT2D eigenvalue weighted by atomic mass is 35.5. The topological polar surface area (TPSA) is 32.3 Å². The number of rotatable bonds is 3. The van der Waals surface area contributed by atoms with Crippen molar-refractivity contribution < 1.29 is 4.79 Å². The van der Waals surface area contributed by atoms with Crippen molar-refractivity contribution in [2.75, 3.05) is 11.9 Å². The Balaban J connectivity index is 1.63. The Morgan fingerprint density at radius 2 is 1.70 bits per heavy atom. The van der Waals surface area contributed by atoms with Gasteiger partial charge in [0, 0.05) is 18.1 Å². The lowest BCUT2D eigenvalue weighted by Crippen LogP contribution is -2.29. The standard InChI is InChI=1S/C18H18Cl2N2O/c1-11-5-13-8-22(9-14(13)6-12(11)2)10-18(23)21-17-4-3-15(19)7-16(17)20/h3-7H,8-10H2,1-2H3,(H,21,23). The third-order valence-corrected chi connectivity index (χ3v) is 4.72. The van der Waals surface area contributed by atoms with E-state index in [4.69, 9.17) is 23.2 Å². The van der Waals surface area contributed by atoms with Crippen molar-refractivity contribution in [3.63, 3.8) is 0 Å². The molecule has 2 aromatic carbocycles. The number of carbonyl (C=O) groups is 1. The fraction of sp³-hybridized carbons (Fsp3) is 0.278. The molecule has 0 saturated carbocycles. The molecule has 3 rings (SSSR count). The number of halogens is 2. The van der Waals surface area contributed by atoms with Crippen molar-refractivity contribution >= 4 is 34.8 Å². The molecule has 0 fully saturated rings. The van der Waals surface area contributed by atoms with E-state index in [1.807, 2.05) is 0 Å². The van der Waals surface area contributed by atoms with E-state index < -0.39 is 0 Å². The zero-order chi connectivity index (χ0) is 16.6. The predicted octanol–water partition coefficient (Wildman–Crippen LogP) is 4.56. The molecule has 23 heavy (non-hydrogen) atoms. The van der Waals surface area contributed by atoms with E-state index in [9.17, 15) is 4.79 Å². The van der Waals surface area contributed by atoms with Crippen LogP contribution in [0.15, 0.2) is 30.3 Å². The highest BCUT2D eigenvalue weighted by Gasteiger charge is 2.21. The molecule has 3 nitrogen and oxygen atoms in total. The van der Waals surface area contributed by atoms with Gasteiger partial charge < -0.3 is 5.32 Å². The van der Waals surface area contributed by atoms with Gasteiger partial charge in [0.05, 0.1) is 17.3 Å². The Morgan fingerprint density at radius 1 is 1.09 bits per heavy atom. The minimum absolute atomic E-state index is 0.0736. The minimum atomic E-state index is -0.0736. The summed E-state index contributed by atoms with van der Waals surface area (Å²) in [6.07, 6.45) is 0. The lowest BCUT2D eigenvalue weighted by molar-refractivity contribution is -0.117. The molecular weight excluding hydrogens is 331 g/mol. The van der Waals surface area contributed by atoms with Gasteiger partial charge in [0.25, 0.3) is 0 Å². The van der Waals surface area contributed by atoms with Crippen LogP contribution in [0.1, 0.15) is 22.3 Å². The van der Waals surface area contributed by atoms with E-state index in [0.717, 1.165) is 13.1 Å². The van der Waals surface area contributed by atoms with E-state index in [1.54, 1.807) is 18.2 Å². The number of carbonyl (C=O) groups excluding carboxylic acids is 1. The average molecular weight is 349 g/mol. The second kappa shape index (κ2) is 6.52. The normalized spacial score (nSPS) is 13.9. The Hall–Kier alpha value is -1.55. The van der Waals surface area contributed by atoms with Gasteiger partial charge in [-0.3, -0.25) is 9.69 Å². The molecule has 1 heterocycles. The number of hydrogen-bond acceptors (Lipinski definition) is 2. The Bertz CT molecular complexity index is 743. The van der Waals surface area contributed by atoms with Gasteiger partial charge >= 0.3 is 0 Å². The molecule has 2 aromatic rings. The highest BCUT2D eigenvalue weighted by molar-refractivity contribution is 6.36. The molecule has 1 N–H and O–H groups in total. The molecule has 0 atom stereocenters. The summed E-state index contributed by atoms with van der Waals surface area (Å²) in [6.45, 7) is 6.18. The molecular formula is C18H18Cl2N2O. The molecule has 0 bridgehead atoms. The highest BCUT2D eigenvalue weighted by Crippen LogP contribution is 2.27. The SMILES string of the molecule is Cc1cc2c(cc1C)CN(CC(=O)Nc1ccc(Cl)cc1Cl)C2. The van der Waals surface area contributed by atoms with Crippen LogP contribution in [0.5, 0.6) is 0 Å². The van der Waals surface area contributed by atoms with Crippen LogP contribution in [0.2, 0.25) is 10.0 Å². The summed E-state index contributed by atoms with van der Waals surface area (Å²) < 4.78 is 0. The molecule has 1 aliphatic heterocycles. The van der Waals surface area contributed by atoms with Gasteiger partial charge in [-0.2, -0.15) is 0 Å². The lowest BCUT2D eigenvalue weighted by Gasteiger charge is -2.15. The van der Waals surface area contributed by atoms with Crippen LogP contribution in [0.25, 0.3) is 0 Å². The van der Waals surface area contributed by atoms with Crippen LogP contribution in [-0.4, -0.2) is 17.4 Å². The zero-order valence-electron chi connectivity index (χ0n) is 13.1. The fourth-order valence-electron chi connectivity index (χ4n) is 2.86. The summed E-state index contributed by atoms with van der Waals surface area (Å²) >= 11 is 11.9. The smallest absolute Gasteiger partial charge is 0.238 e. The number of benzene rings is 2. The summed E-state index contributed by atoms with van der Waals surface area (Å²) in [4.78, 5) is 14.4. The molecule has 0 radical (unpaired) electrons. The first-order chi connectivity index (χ1) is 10.9. The van der Waals surface area contributed by atoms with Crippen molar-refractivity contribution in [3.05, 3.63) is 62.6 Å². The maximum Gasteiger partial charge on any atom is 0.238 e. The molecule has 0 aliphatic carbocycles. The molecule has 120 valence electrons. The maximum atomic E-state index is 12.2. The van der Waals surface area contributed by atoms with E-state index in [-0.39, 0.29) is 5.91 Å². The van der Waals surface area contributed by atoms with Crippen LogP contribution in [0.3, 0.4) is 0 Å². The van der Waals surface area contributed by atoms with Gasteiger partial charge in [0.15, 0.2) is 0 Å². The van der Waals surface area contributed by atoms with Crippen molar-refractivity contribution in [1.29, 1.82) is 0 Å². The summed E-state index contributed by atoms with van der Waals surface area (Å²) in [5, 5.41) is 3.84. The van der Waals surface area contributed by atoms with Crippen molar-refractivity contribution in [2.45, 2.75) is 26.9 Å². The van der Waals surface area contributed by atoms with Crippen molar-refractivity contribution in [2.24, 2.45) is 0 Å². The van der Waals surface area contributed by atoms with Crippen LogP contribution in [0, 0.1) is 13.8 Å². The van der Waals surface area contributed by atoms with Crippen LogP contribution < -0.4 is 5.32 Å². The lowest BCUT2D eigenvalue weighted by atomic mass is 10.0. The monoisotopic (exact) mass is 348 g/mol. The number of hydrogen-bond donors (Lipinski definition) is 1. The first-order valence-electron chi connectivity index (χ1n) is 7.48. The van der Waals surface area contributed by atoms with Crippen molar-refractivity contribution in [3.8, 4) is 0 Å². The van der Waals surface area contributed by atoms with E-state index in [0.29, 0.717) is 22.3 Å². The zero-order valence-corrected chi connectivity index (χ0v) is 14.6. The largest absolute Gasteiger partial charge is 0.324 e. The summed E-state index contributed by atoms with van der Waals surface area (Å²) in [6, 6.07) is 9.49. The number of anilines is 1. The Kier molecular flexibility index (Phi) is 4.62. The maximum absolute atomic E-state index is 12.2. The molecule has 0 spiro atoms. The van der Waals surface area contributed by atoms with Gasteiger partial charge in [-0.25, -0.2) is 0 Å². The second-order valence-electron chi connectivity index (χ2n) is 6.02. The quantitative estimate of drug-likeness (QED) is 0.881. The first-order valence-corrected chi connectivity index (χ1v) is 8.24. The van der Waals surface area contributed by atoms with Crippen LogP contribution in [-0.2, 0) is 17.9 Å². The van der Waals surface area contributed by atoms with Gasteiger partial charge in [-0.1, -0.05) is 35.3 Å². The van der Waals surface area contributed by atoms with Gasteiger partial charge in [-0.05, 0) is 54.3 Å².